The molecule has 0 aliphatic carbocycles. The number of rotatable bonds is 7. The highest BCUT2D eigenvalue weighted by Crippen LogP contribution is 2.30. The van der Waals surface area contributed by atoms with Crippen LogP contribution in [-0.4, -0.2) is 34.9 Å². The monoisotopic (exact) mass is 463 g/mol. The molecule has 0 fully saturated rings. The van der Waals surface area contributed by atoms with Crippen LogP contribution in [0, 0.1) is 6.92 Å². The first-order valence-electron chi connectivity index (χ1n) is 10.2. The molecule has 0 saturated carbocycles. The fraction of sp³-hybridized carbons (Fsp3) is 0.167. The highest BCUT2D eigenvalue weighted by molar-refractivity contribution is 7.16. The number of nitrogens with zero attached hydrogens (tertiary/aromatic N) is 2. The van der Waals surface area contributed by atoms with Gasteiger partial charge in [-0.2, -0.15) is 9.78 Å². The van der Waals surface area contributed by atoms with Crippen LogP contribution < -0.4 is 15.6 Å². The molecular weight excluding hydrogens is 442 g/mol. The number of amides is 1. The molecule has 0 radical (unpaired) electrons. The summed E-state index contributed by atoms with van der Waals surface area (Å²) in [5.74, 6) is -0.523. The number of esters is 1. The lowest BCUT2D eigenvalue weighted by Gasteiger charge is -2.10. The molecule has 9 heteroatoms. The predicted octanol–water partition coefficient (Wildman–Crippen LogP) is 3.95. The number of anilines is 1. The zero-order valence-corrected chi connectivity index (χ0v) is 18.8. The zero-order valence-electron chi connectivity index (χ0n) is 18.0. The van der Waals surface area contributed by atoms with Gasteiger partial charge in [0.05, 0.1) is 17.7 Å². The van der Waals surface area contributed by atoms with Crippen LogP contribution in [0.1, 0.15) is 23.0 Å². The summed E-state index contributed by atoms with van der Waals surface area (Å²) in [5, 5.41) is 9.46. The first-order chi connectivity index (χ1) is 16.0. The second kappa shape index (κ2) is 9.66. The van der Waals surface area contributed by atoms with E-state index in [-0.39, 0.29) is 24.3 Å². The van der Waals surface area contributed by atoms with Gasteiger partial charge >= 0.3 is 5.97 Å². The van der Waals surface area contributed by atoms with Gasteiger partial charge in [0.15, 0.2) is 12.3 Å². The Kier molecular flexibility index (Phi) is 6.50. The highest BCUT2D eigenvalue weighted by atomic mass is 32.1. The van der Waals surface area contributed by atoms with Crippen LogP contribution in [0.25, 0.3) is 16.5 Å². The first kappa shape index (κ1) is 22.2. The first-order valence-corrected chi connectivity index (χ1v) is 11.1. The number of aryl methyl sites for hydroxylation is 1. The summed E-state index contributed by atoms with van der Waals surface area (Å²) >= 11 is 1.14. The number of thiophene rings is 1. The van der Waals surface area contributed by atoms with Gasteiger partial charge in [0.1, 0.15) is 10.8 Å². The summed E-state index contributed by atoms with van der Waals surface area (Å²) in [4.78, 5) is 38.5. The maximum atomic E-state index is 13.4. The average Bonchev–Trinajstić information content (AvgIpc) is 3.23. The van der Waals surface area contributed by atoms with Crippen molar-refractivity contribution in [2.45, 2.75) is 13.8 Å². The van der Waals surface area contributed by atoms with Crippen LogP contribution >= 0.6 is 11.3 Å². The number of fused-ring (bicyclic) bond motifs is 1. The average molecular weight is 464 g/mol. The Hall–Kier alpha value is -3.98. The van der Waals surface area contributed by atoms with E-state index in [0.29, 0.717) is 21.8 Å². The number of benzene rings is 2. The quantitative estimate of drug-likeness (QED) is 0.417. The molecule has 0 atom stereocenters. The van der Waals surface area contributed by atoms with Gasteiger partial charge in [-0.3, -0.25) is 9.59 Å². The molecule has 168 valence electrons. The zero-order chi connectivity index (χ0) is 23.4. The van der Waals surface area contributed by atoms with Gasteiger partial charge in [0, 0.05) is 10.8 Å². The molecule has 2 aromatic heterocycles. The van der Waals surface area contributed by atoms with Crippen LogP contribution in [0.15, 0.2) is 64.8 Å². The van der Waals surface area contributed by atoms with Gasteiger partial charge in [-0.1, -0.05) is 30.3 Å². The van der Waals surface area contributed by atoms with Crippen molar-refractivity contribution in [3.05, 3.63) is 81.6 Å². The van der Waals surface area contributed by atoms with Crippen molar-refractivity contribution >= 4 is 39.0 Å². The summed E-state index contributed by atoms with van der Waals surface area (Å²) in [6.45, 7) is 3.52. The normalized spacial score (nSPS) is 10.7. The van der Waals surface area contributed by atoms with Crippen molar-refractivity contribution in [2.75, 3.05) is 18.5 Å². The molecule has 0 aliphatic rings. The minimum atomic E-state index is -0.646. The number of aromatic nitrogens is 2. The molecule has 8 nitrogen and oxygen atoms in total. The minimum Gasteiger partial charge on any atom is -0.484 e. The number of hydrogen-bond acceptors (Lipinski definition) is 7. The molecule has 33 heavy (non-hydrogen) atoms. The van der Waals surface area contributed by atoms with Crippen molar-refractivity contribution in [3.8, 4) is 11.4 Å². The van der Waals surface area contributed by atoms with Gasteiger partial charge in [-0.05, 0) is 43.7 Å². The molecule has 0 aliphatic heterocycles. The largest absolute Gasteiger partial charge is 0.484 e. The van der Waals surface area contributed by atoms with E-state index >= 15 is 0 Å². The SMILES string of the molecule is CCOC(=O)c1nn(-c2cccc(C)c2)c(=O)c2c(NC(=O)COc3ccccc3)scc12. The van der Waals surface area contributed by atoms with Crippen molar-refractivity contribution in [2.24, 2.45) is 0 Å². The fourth-order valence-electron chi connectivity index (χ4n) is 3.25. The van der Waals surface area contributed by atoms with Crippen molar-refractivity contribution in [3.63, 3.8) is 0 Å². The van der Waals surface area contributed by atoms with Crippen molar-refractivity contribution in [1.82, 2.24) is 9.78 Å². The van der Waals surface area contributed by atoms with E-state index < -0.39 is 17.4 Å². The molecule has 0 saturated heterocycles. The molecule has 1 N–H and O–H groups in total. The lowest BCUT2D eigenvalue weighted by atomic mass is 10.2. The van der Waals surface area contributed by atoms with E-state index in [9.17, 15) is 14.4 Å². The second-order valence-corrected chi connectivity index (χ2v) is 8.01. The number of ether oxygens (including phenoxy) is 2. The lowest BCUT2D eigenvalue weighted by molar-refractivity contribution is -0.118. The van der Waals surface area contributed by atoms with Crippen LogP contribution in [0.2, 0.25) is 0 Å². The third kappa shape index (κ3) is 4.78. The van der Waals surface area contributed by atoms with Gasteiger partial charge in [-0.15, -0.1) is 11.3 Å². The summed E-state index contributed by atoms with van der Waals surface area (Å²) in [6, 6.07) is 16.1. The number of hydrogen-bond donors (Lipinski definition) is 1. The smallest absolute Gasteiger partial charge is 0.359 e. The van der Waals surface area contributed by atoms with E-state index in [0.717, 1.165) is 21.6 Å². The van der Waals surface area contributed by atoms with Gasteiger partial charge < -0.3 is 14.8 Å². The third-order valence-corrected chi connectivity index (χ3v) is 5.63. The summed E-state index contributed by atoms with van der Waals surface area (Å²) < 4.78 is 11.8. The van der Waals surface area contributed by atoms with Crippen molar-refractivity contribution in [1.29, 1.82) is 0 Å². The molecule has 0 bridgehead atoms. The number of nitrogens with one attached hydrogen (secondary N) is 1. The number of para-hydroxylation sites is 1. The summed E-state index contributed by atoms with van der Waals surface area (Å²) in [5.41, 5.74) is 0.980. The van der Waals surface area contributed by atoms with E-state index in [2.05, 4.69) is 10.4 Å². The van der Waals surface area contributed by atoms with Gasteiger partial charge in [-0.25, -0.2) is 4.79 Å². The van der Waals surface area contributed by atoms with Crippen molar-refractivity contribution < 1.29 is 19.1 Å². The standard InChI is InChI=1S/C24H21N3O5S/c1-3-31-24(30)21-18-14-33-22(25-19(28)13-32-17-10-5-4-6-11-17)20(18)23(29)27(26-21)16-9-7-8-15(2)12-16/h4-12,14H,3,13H2,1-2H3,(H,25,28). The predicted molar refractivity (Wildman–Crippen MR) is 126 cm³/mol. The van der Waals surface area contributed by atoms with Crippen LogP contribution in [0.4, 0.5) is 5.00 Å². The van der Waals surface area contributed by atoms with Crippen LogP contribution in [0.5, 0.6) is 5.75 Å². The Bertz CT molecular complexity index is 1380. The maximum Gasteiger partial charge on any atom is 0.359 e. The molecule has 2 aromatic carbocycles. The van der Waals surface area contributed by atoms with E-state index in [1.165, 1.54) is 0 Å². The summed E-state index contributed by atoms with van der Waals surface area (Å²) in [7, 11) is 0. The molecule has 4 aromatic rings. The maximum absolute atomic E-state index is 13.4. The molecule has 4 rings (SSSR count). The molecule has 0 spiro atoms. The Morgan fingerprint density at radius 1 is 1.12 bits per heavy atom. The number of carbonyl (C=O) groups is 2. The second-order valence-electron chi connectivity index (χ2n) is 7.13. The summed E-state index contributed by atoms with van der Waals surface area (Å²) in [6.07, 6.45) is 0. The van der Waals surface area contributed by atoms with E-state index in [4.69, 9.17) is 9.47 Å². The molecule has 2 heterocycles. The Morgan fingerprint density at radius 2 is 1.91 bits per heavy atom. The Balaban J connectivity index is 1.74. The third-order valence-electron chi connectivity index (χ3n) is 4.73. The topological polar surface area (TPSA) is 99.5 Å². The lowest BCUT2D eigenvalue weighted by Crippen LogP contribution is -2.26. The van der Waals surface area contributed by atoms with Gasteiger partial charge in [0.2, 0.25) is 0 Å². The van der Waals surface area contributed by atoms with E-state index in [1.807, 2.05) is 19.1 Å². The van der Waals surface area contributed by atoms with Gasteiger partial charge in [0.25, 0.3) is 11.5 Å². The number of carbonyl (C=O) groups excluding carboxylic acids is 2. The van der Waals surface area contributed by atoms with Crippen LogP contribution in [-0.2, 0) is 9.53 Å². The van der Waals surface area contributed by atoms with Crippen LogP contribution in [0.3, 0.4) is 0 Å². The fourth-order valence-corrected chi connectivity index (χ4v) is 4.21. The molecule has 0 unspecified atom stereocenters. The minimum absolute atomic E-state index is 0.00485. The molecule has 1 amide bonds. The highest BCUT2D eigenvalue weighted by Gasteiger charge is 2.23. The Morgan fingerprint density at radius 3 is 2.64 bits per heavy atom. The van der Waals surface area contributed by atoms with E-state index in [1.54, 1.807) is 54.8 Å². The Labute approximate surface area is 193 Å². The molecular formula is C24H21N3O5S.